The number of carbonyl (C=O) groups is 1. The quantitative estimate of drug-likeness (QED) is 0.792. The van der Waals surface area contributed by atoms with E-state index < -0.39 is 35.9 Å². The van der Waals surface area contributed by atoms with Gasteiger partial charge in [0.2, 0.25) is 5.72 Å². The average molecular weight is 380 g/mol. The van der Waals surface area contributed by atoms with Crippen LogP contribution >= 0.6 is 0 Å². The van der Waals surface area contributed by atoms with Crippen molar-refractivity contribution in [1.29, 1.82) is 0 Å². The molecule has 5 nitrogen and oxygen atoms in total. The van der Waals surface area contributed by atoms with Gasteiger partial charge in [-0.1, -0.05) is 30.3 Å². The van der Waals surface area contributed by atoms with E-state index in [9.17, 15) is 31.9 Å². The SMILES string of the molecule is CC(C)(C)OC(=O)N1N=C(c2ccccc2)C[C@]1(O)C(F)(F)C(F)(F)F. The molecule has 0 fully saturated rings. The summed E-state index contributed by atoms with van der Waals surface area (Å²) in [4.78, 5) is 12.2. The van der Waals surface area contributed by atoms with Crippen LogP contribution in [-0.4, -0.2) is 45.3 Å². The van der Waals surface area contributed by atoms with Crippen molar-refractivity contribution in [3.63, 3.8) is 0 Å². The zero-order valence-corrected chi connectivity index (χ0v) is 14.1. The van der Waals surface area contributed by atoms with Crippen LogP contribution in [0.4, 0.5) is 26.7 Å². The van der Waals surface area contributed by atoms with Gasteiger partial charge in [0.05, 0.1) is 5.71 Å². The maximum Gasteiger partial charge on any atom is 0.458 e. The Morgan fingerprint density at radius 2 is 1.69 bits per heavy atom. The standard InChI is InChI=1S/C16H17F5N2O3/c1-13(2,3)26-12(24)23-14(25,15(17,18)16(19,20)21)9-11(22-23)10-7-5-4-6-8-10/h4-8,25H,9H2,1-3H3/t14-/m0/s1. The molecule has 0 spiro atoms. The monoisotopic (exact) mass is 380 g/mol. The summed E-state index contributed by atoms with van der Waals surface area (Å²) < 4.78 is 71.6. The fourth-order valence-electron chi connectivity index (χ4n) is 2.31. The van der Waals surface area contributed by atoms with E-state index >= 15 is 0 Å². The van der Waals surface area contributed by atoms with E-state index in [1.54, 1.807) is 6.07 Å². The van der Waals surface area contributed by atoms with Crippen molar-refractivity contribution in [2.45, 2.75) is 50.6 Å². The minimum atomic E-state index is -6.11. The fraction of sp³-hybridized carbons (Fsp3) is 0.500. The van der Waals surface area contributed by atoms with Gasteiger partial charge >= 0.3 is 18.2 Å². The number of nitrogens with zero attached hydrogens (tertiary/aromatic N) is 2. The van der Waals surface area contributed by atoms with Crippen LogP contribution in [0, 0.1) is 0 Å². The summed E-state index contributed by atoms with van der Waals surface area (Å²) in [6, 6.07) is 7.43. The lowest BCUT2D eigenvalue weighted by Crippen LogP contribution is -2.64. The summed E-state index contributed by atoms with van der Waals surface area (Å²) >= 11 is 0. The second-order valence-electron chi connectivity index (χ2n) is 6.77. The van der Waals surface area contributed by atoms with Crippen LogP contribution in [0.25, 0.3) is 0 Å². The highest BCUT2D eigenvalue weighted by Gasteiger charge is 2.75. The molecule has 0 aromatic heterocycles. The Kier molecular flexibility index (Phi) is 4.78. The molecule has 1 heterocycles. The van der Waals surface area contributed by atoms with E-state index in [0.717, 1.165) is 0 Å². The third-order valence-corrected chi connectivity index (χ3v) is 3.52. The third kappa shape index (κ3) is 3.50. The Morgan fingerprint density at radius 1 is 1.15 bits per heavy atom. The van der Waals surface area contributed by atoms with Crippen LogP contribution in [0.3, 0.4) is 0 Å². The van der Waals surface area contributed by atoms with E-state index in [2.05, 4.69) is 5.10 Å². The van der Waals surface area contributed by atoms with Gasteiger partial charge in [-0.15, -0.1) is 0 Å². The third-order valence-electron chi connectivity index (χ3n) is 3.52. The van der Waals surface area contributed by atoms with Crippen LogP contribution in [0.5, 0.6) is 0 Å². The summed E-state index contributed by atoms with van der Waals surface area (Å²) in [6.45, 7) is 4.18. The lowest BCUT2D eigenvalue weighted by Gasteiger charge is -2.38. The first-order chi connectivity index (χ1) is 11.7. The van der Waals surface area contributed by atoms with Gasteiger partial charge in [-0.05, 0) is 26.3 Å². The molecule has 1 N–H and O–H groups in total. The lowest BCUT2D eigenvalue weighted by atomic mass is 9.95. The molecule has 144 valence electrons. The Bertz CT molecular complexity index is 713. The summed E-state index contributed by atoms with van der Waals surface area (Å²) in [7, 11) is 0. The van der Waals surface area contributed by atoms with Gasteiger partial charge in [0.15, 0.2) is 0 Å². The second-order valence-corrected chi connectivity index (χ2v) is 6.77. The van der Waals surface area contributed by atoms with E-state index in [1.165, 1.54) is 45.0 Å². The summed E-state index contributed by atoms with van der Waals surface area (Å²) in [6.07, 6.45) is -8.94. The molecule has 0 saturated heterocycles. The molecule has 0 saturated carbocycles. The van der Waals surface area contributed by atoms with Gasteiger partial charge in [-0.25, -0.2) is 4.79 Å². The summed E-state index contributed by atoms with van der Waals surface area (Å²) in [5, 5.41) is 13.4. The number of carbonyl (C=O) groups excluding carboxylic acids is 1. The van der Waals surface area contributed by atoms with Crippen LogP contribution in [0.15, 0.2) is 35.4 Å². The van der Waals surface area contributed by atoms with Crippen molar-refractivity contribution < 1.29 is 36.6 Å². The number of aliphatic hydroxyl groups is 1. The van der Waals surface area contributed by atoms with Crippen LogP contribution < -0.4 is 0 Å². The highest BCUT2D eigenvalue weighted by Crippen LogP contribution is 2.49. The molecule has 26 heavy (non-hydrogen) atoms. The molecule has 1 aromatic carbocycles. The second kappa shape index (κ2) is 6.19. The molecule has 1 aliphatic heterocycles. The fourth-order valence-corrected chi connectivity index (χ4v) is 2.31. The first-order valence-corrected chi connectivity index (χ1v) is 7.52. The number of rotatable bonds is 2. The molecule has 0 radical (unpaired) electrons. The predicted octanol–water partition coefficient (Wildman–Crippen LogP) is 3.92. The van der Waals surface area contributed by atoms with Gasteiger partial charge < -0.3 is 9.84 Å². The normalized spacial score (nSPS) is 21.6. The van der Waals surface area contributed by atoms with Gasteiger partial charge in [0, 0.05) is 6.42 Å². The molecule has 10 heteroatoms. The summed E-state index contributed by atoms with van der Waals surface area (Å²) in [5.41, 5.74) is -5.26. The van der Waals surface area contributed by atoms with Gasteiger partial charge in [0.25, 0.3) is 0 Å². The molecule has 2 rings (SSSR count). The number of hydrogen-bond donors (Lipinski definition) is 1. The van der Waals surface area contributed by atoms with Crippen molar-refractivity contribution in [3.8, 4) is 0 Å². The summed E-state index contributed by atoms with van der Waals surface area (Å²) in [5.74, 6) is -5.64. The number of ether oxygens (including phenoxy) is 1. The number of amides is 1. The molecular formula is C16H17F5N2O3. The van der Waals surface area contributed by atoms with E-state index in [0.29, 0.717) is 0 Å². The Labute approximate surface area is 146 Å². The van der Waals surface area contributed by atoms with E-state index in [1.807, 2.05) is 0 Å². The van der Waals surface area contributed by atoms with Crippen molar-refractivity contribution in [2.24, 2.45) is 5.10 Å². The highest BCUT2D eigenvalue weighted by atomic mass is 19.4. The number of hydrazone groups is 1. The zero-order valence-electron chi connectivity index (χ0n) is 14.1. The zero-order chi connectivity index (χ0) is 20.0. The Morgan fingerprint density at radius 3 is 2.15 bits per heavy atom. The van der Waals surface area contributed by atoms with Crippen LogP contribution in [0.1, 0.15) is 32.8 Å². The average Bonchev–Trinajstić information content (AvgIpc) is 2.85. The largest absolute Gasteiger partial charge is 0.458 e. The van der Waals surface area contributed by atoms with Crippen molar-refractivity contribution >= 4 is 11.8 Å². The first kappa shape index (κ1) is 20.1. The van der Waals surface area contributed by atoms with Gasteiger partial charge in [-0.3, -0.25) is 0 Å². The maximum atomic E-state index is 14.1. The molecule has 1 aromatic rings. The van der Waals surface area contributed by atoms with Crippen LogP contribution in [0.2, 0.25) is 0 Å². The van der Waals surface area contributed by atoms with Gasteiger partial charge in [0.1, 0.15) is 5.60 Å². The number of benzene rings is 1. The Balaban J connectivity index is 2.52. The molecule has 0 unspecified atom stereocenters. The molecule has 1 atom stereocenters. The molecule has 1 aliphatic rings. The molecule has 1 amide bonds. The van der Waals surface area contributed by atoms with Crippen molar-refractivity contribution in [2.75, 3.05) is 0 Å². The van der Waals surface area contributed by atoms with Crippen molar-refractivity contribution in [1.82, 2.24) is 5.01 Å². The van der Waals surface area contributed by atoms with E-state index in [4.69, 9.17) is 4.74 Å². The molecule has 0 aliphatic carbocycles. The van der Waals surface area contributed by atoms with Gasteiger partial charge in [-0.2, -0.15) is 32.1 Å². The van der Waals surface area contributed by atoms with Crippen molar-refractivity contribution in [3.05, 3.63) is 35.9 Å². The highest BCUT2D eigenvalue weighted by molar-refractivity contribution is 6.03. The minimum absolute atomic E-state index is 0.190. The molecular weight excluding hydrogens is 363 g/mol. The molecule has 0 bridgehead atoms. The maximum absolute atomic E-state index is 14.1. The predicted molar refractivity (Wildman–Crippen MR) is 81.6 cm³/mol. The van der Waals surface area contributed by atoms with Crippen LogP contribution in [-0.2, 0) is 4.74 Å². The minimum Gasteiger partial charge on any atom is -0.442 e. The number of alkyl halides is 5. The first-order valence-electron chi connectivity index (χ1n) is 7.52. The lowest BCUT2D eigenvalue weighted by molar-refractivity contribution is -0.363. The smallest absolute Gasteiger partial charge is 0.442 e. The number of hydrogen-bond acceptors (Lipinski definition) is 4. The Hall–Kier alpha value is -2.23. The number of halogens is 5. The topological polar surface area (TPSA) is 62.1 Å². The van der Waals surface area contributed by atoms with E-state index in [-0.39, 0.29) is 16.3 Å².